The summed E-state index contributed by atoms with van der Waals surface area (Å²) in [5, 5.41) is 6.00. The number of hydrogen-bond acceptors (Lipinski definition) is 2. The van der Waals surface area contributed by atoms with Crippen LogP contribution in [0, 0.1) is 6.92 Å². The molecule has 1 aromatic carbocycles. The van der Waals surface area contributed by atoms with Crippen molar-refractivity contribution in [3.63, 3.8) is 0 Å². The van der Waals surface area contributed by atoms with Crippen molar-refractivity contribution in [3.8, 4) is 0 Å². The molecular weight excluding hydrogens is 210 g/mol. The first kappa shape index (κ1) is 8.68. The smallest absolute Gasteiger partial charge is 0.164 e. The highest BCUT2D eigenvalue weighted by Crippen LogP contribution is 2.21. The Balaban J connectivity index is 2.61. The van der Waals surface area contributed by atoms with Crippen molar-refractivity contribution < 1.29 is 0 Å². The minimum Gasteiger partial charge on any atom is -0.233 e. The first-order valence-electron chi connectivity index (χ1n) is 4.66. The molecule has 0 atom stereocenters. The third-order valence-corrected chi connectivity index (χ3v) is 2.64. The van der Waals surface area contributed by atoms with Crippen LogP contribution in [-0.2, 0) is 0 Å². The predicted octanol–water partition coefficient (Wildman–Crippen LogP) is 2.84. The van der Waals surface area contributed by atoms with Crippen LogP contribution in [0.1, 0.15) is 5.69 Å². The quantitative estimate of drug-likeness (QED) is 0.542. The largest absolute Gasteiger partial charge is 0.233 e. The maximum absolute atomic E-state index is 6.09. The molecule has 0 saturated heterocycles. The van der Waals surface area contributed by atoms with Gasteiger partial charge in [0.2, 0.25) is 0 Å². The van der Waals surface area contributed by atoms with Crippen molar-refractivity contribution >= 4 is 28.2 Å². The Kier molecular flexibility index (Phi) is 1.70. The van der Waals surface area contributed by atoms with Crippen LogP contribution >= 0.6 is 11.6 Å². The molecule has 3 nitrogen and oxygen atoms in total. The van der Waals surface area contributed by atoms with Gasteiger partial charge in [-0.25, -0.2) is 9.50 Å². The van der Waals surface area contributed by atoms with Gasteiger partial charge in [-0.2, -0.15) is 5.10 Å². The van der Waals surface area contributed by atoms with E-state index in [0.717, 1.165) is 22.2 Å². The summed E-state index contributed by atoms with van der Waals surface area (Å²) in [6.45, 7) is 1.92. The van der Waals surface area contributed by atoms with E-state index in [4.69, 9.17) is 11.6 Å². The van der Waals surface area contributed by atoms with E-state index in [1.807, 2.05) is 31.2 Å². The van der Waals surface area contributed by atoms with Crippen molar-refractivity contribution in [1.82, 2.24) is 14.6 Å². The van der Waals surface area contributed by atoms with Gasteiger partial charge < -0.3 is 0 Å². The van der Waals surface area contributed by atoms with Crippen molar-refractivity contribution in [1.29, 1.82) is 0 Å². The van der Waals surface area contributed by atoms with Gasteiger partial charge in [-0.1, -0.05) is 23.7 Å². The van der Waals surface area contributed by atoms with E-state index in [9.17, 15) is 0 Å². The summed E-state index contributed by atoms with van der Waals surface area (Å²) in [5.74, 6) is 0. The summed E-state index contributed by atoms with van der Waals surface area (Å²) >= 11 is 6.09. The van der Waals surface area contributed by atoms with Gasteiger partial charge in [-0.3, -0.25) is 0 Å². The van der Waals surface area contributed by atoms with Crippen molar-refractivity contribution in [2.24, 2.45) is 0 Å². The molecule has 74 valence electrons. The summed E-state index contributed by atoms with van der Waals surface area (Å²) in [6.07, 6.45) is 0. The molecule has 0 amide bonds. The zero-order chi connectivity index (χ0) is 10.4. The second kappa shape index (κ2) is 2.94. The highest BCUT2D eigenvalue weighted by Gasteiger charge is 2.08. The van der Waals surface area contributed by atoms with Gasteiger partial charge in [-0.05, 0) is 25.1 Å². The summed E-state index contributed by atoms with van der Waals surface area (Å²) in [4.78, 5) is 4.44. The molecule has 0 N–H and O–H groups in total. The van der Waals surface area contributed by atoms with Crippen LogP contribution in [0.25, 0.3) is 16.6 Å². The number of benzene rings is 1. The van der Waals surface area contributed by atoms with E-state index >= 15 is 0 Å². The van der Waals surface area contributed by atoms with Crippen LogP contribution in [-0.4, -0.2) is 14.6 Å². The standard InChI is InChI=1S/C11H8ClN3/c1-7-6-10(12)15-11(13-7)8-4-2-3-5-9(8)14-15/h2-6H,1H3. The van der Waals surface area contributed by atoms with Crippen LogP contribution < -0.4 is 0 Å². The number of rotatable bonds is 0. The van der Waals surface area contributed by atoms with E-state index in [1.54, 1.807) is 10.6 Å². The maximum atomic E-state index is 6.09. The monoisotopic (exact) mass is 217 g/mol. The molecular formula is C11H8ClN3. The molecule has 2 heterocycles. The lowest BCUT2D eigenvalue weighted by Gasteiger charge is -1.97. The molecule has 0 unspecified atom stereocenters. The molecule has 0 bridgehead atoms. The Hall–Kier alpha value is -1.61. The van der Waals surface area contributed by atoms with Gasteiger partial charge in [0.25, 0.3) is 0 Å². The fourth-order valence-corrected chi connectivity index (χ4v) is 1.98. The lowest BCUT2D eigenvalue weighted by Crippen LogP contribution is -1.93. The second-order valence-corrected chi connectivity index (χ2v) is 3.86. The van der Waals surface area contributed by atoms with Gasteiger partial charge in [0.1, 0.15) is 5.15 Å². The molecule has 3 rings (SSSR count). The lowest BCUT2D eigenvalue weighted by atomic mass is 10.2. The Morgan fingerprint density at radius 3 is 2.93 bits per heavy atom. The molecule has 4 heteroatoms. The first-order chi connectivity index (χ1) is 7.25. The third-order valence-electron chi connectivity index (χ3n) is 2.37. The summed E-state index contributed by atoms with van der Waals surface area (Å²) in [7, 11) is 0. The van der Waals surface area contributed by atoms with Crippen LogP contribution in [0.2, 0.25) is 5.15 Å². The summed E-state index contributed by atoms with van der Waals surface area (Å²) in [6, 6.07) is 9.69. The number of halogens is 1. The van der Waals surface area contributed by atoms with Crippen molar-refractivity contribution in [3.05, 3.63) is 41.2 Å². The molecule has 0 radical (unpaired) electrons. The SMILES string of the molecule is Cc1cc(Cl)n2nc3ccccc3c2n1. The highest BCUT2D eigenvalue weighted by atomic mass is 35.5. The van der Waals surface area contributed by atoms with E-state index in [2.05, 4.69) is 10.1 Å². The molecule has 0 fully saturated rings. The number of fused-ring (bicyclic) bond motifs is 3. The van der Waals surface area contributed by atoms with Crippen LogP contribution in [0.4, 0.5) is 0 Å². The first-order valence-corrected chi connectivity index (χ1v) is 5.04. The molecule has 0 aliphatic rings. The summed E-state index contributed by atoms with van der Waals surface area (Å²) in [5.41, 5.74) is 2.63. The normalized spacial score (nSPS) is 11.3. The topological polar surface area (TPSA) is 30.2 Å². The Labute approximate surface area is 91.3 Å². The fourth-order valence-electron chi connectivity index (χ4n) is 1.71. The molecule has 3 aromatic rings. The second-order valence-electron chi connectivity index (χ2n) is 3.47. The lowest BCUT2D eigenvalue weighted by molar-refractivity contribution is 0.946. The zero-order valence-corrected chi connectivity index (χ0v) is 8.86. The zero-order valence-electron chi connectivity index (χ0n) is 8.11. The van der Waals surface area contributed by atoms with E-state index in [-0.39, 0.29) is 0 Å². The summed E-state index contributed by atoms with van der Waals surface area (Å²) < 4.78 is 1.67. The Morgan fingerprint density at radius 1 is 1.27 bits per heavy atom. The Morgan fingerprint density at radius 2 is 2.07 bits per heavy atom. The van der Waals surface area contributed by atoms with Gasteiger partial charge >= 0.3 is 0 Å². The van der Waals surface area contributed by atoms with Crippen molar-refractivity contribution in [2.45, 2.75) is 6.92 Å². The molecule has 0 saturated carbocycles. The van der Waals surface area contributed by atoms with Crippen LogP contribution in [0.5, 0.6) is 0 Å². The number of aryl methyl sites for hydroxylation is 1. The van der Waals surface area contributed by atoms with Crippen LogP contribution in [0.3, 0.4) is 0 Å². The van der Waals surface area contributed by atoms with Gasteiger partial charge in [0.15, 0.2) is 5.65 Å². The number of nitrogens with zero attached hydrogens (tertiary/aromatic N) is 3. The minimum absolute atomic E-state index is 0.591. The van der Waals surface area contributed by atoms with E-state index in [1.165, 1.54) is 0 Å². The number of hydrogen-bond donors (Lipinski definition) is 0. The fraction of sp³-hybridized carbons (Fsp3) is 0.0909. The molecule has 0 spiro atoms. The Bertz CT molecular complexity index is 657. The van der Waals surface area contributed by atoms with E-state index < -0.39 is 0 Å². The predicted molar refractivity (Wildman–Crippen MR) is 60.2 cm³/mol. The number of aromatic nitrogens is 3. The molecule has 2 aromatic heterocycles. The molecule has 0 aliphatic carbocycles. The van der Waals surface area contributed by atoms with Gasteiger partial charge in [0.05, 0.1) is 5.52 Å². The van der Waals surface area contributed by atoms with Crippen LogP contribution in [0.15, 0.2) is 30.3 Å². The highest BCUT2D eigenvalue weighted by molar-refractivity contribution is 6.29. The van der Waals surface area contributed by atoms with Gasteiger partial charge in [0, 0.05) is 11.1 Å². The molecule has 0 aliphatic heterocycles. The maximum Gasteiger partial charge on any atom is 0.164 e. The average molecular weight is 218 g/mol. The van der Waals surface area contributed by atoms with Gasteiger partial charge in [-0.15, -0.1) is 0 Å². The van der Waals surface area contributed by atoms with Crippen molar-refractivity contribution in [2.75, 3.05) is 0 Å². The minimum atomic E-state index is 0.591. The average Bonchev–Trinajstić information content (AvgIpc) is 2.57. The molecule has 15 heavy (non-hydrogen) atoms. The third kappa shape index (κ3) is 1.20. The van der Waals surface area contributed by atoms with E-state index in [0.29, 0.717) is 5.15 Å².